The van der Waals surface area contributed by atoms with E-state index >= 15 is 0 Å². The summed E-state index contributed by atoms with van der Waals surface area (Å²) < 4.78 is 5.12. The van der Waals surface area contributed by atoms with E-state index < -0.39 is 0 Å². The molecule has 0 radical (unpaired) electrons. The van der Waals surface area contributed by atoms with Gasteiger partial charge in [0.25, 0.3) is 0 Å². The van der Waals surface area contributed by atoms with E-state index in [1.54, 1.807) is 7.11 Å². The summed E-state index contributed by atoms with van der Waals surface area (Å²) in [4.78, 5) is 0. The minimum Gasteiger partial charge on any atom is -0.497 e. The third-order valence-corrected chi connectivity index (χ3v) is 2.65. The van der Waals surface area contributed by atoms with Gasteiger partial charge in [0.2, 0.25) is 0 Å². The summed E-state index contributed by atoms with van der Waals surface area (Å²) in [6.07, 6.45) is 1.26. The number of hydrogen-bond acceptors (Lipinski definition) is 2. The third kappa shape index (κ3) is 2.40. The molecular formula is C11H16ClNO. The molecule has 0 saturated carbocycles. The second kappa shape index (κ2) is 5.23. The van der Waals surface area contributed by atoms with E-state index in [1.807, 2.05) is 12.1 Å². The summed E-state index contributed by atoms with van der Waals surface area (Å²) in [7, 11) is 1.70. The molecule has 1 N–H and O–H groups in total. The lowest BCUT2D eigenvalue weighted by molar-refractivity contribution is 0.414. The smallest absolute Gasteiger partial charge is 0.118 e. The molecule has 3 heteroatoms. The minimum atomic E-state index is 0. The van der Waals surface area contributed by atoms with Gasteiger partial charge in [-0.3, -0.25) is 0 Å². The molecule has 0 unspecified atom stereocenters. The average Bonchev–Trinajstić information content (AvgIpc) is 2.71. The summed E-state index contributed by atoms with van der Waals surface area (Å²) >= 11 is 0. The van der Waals surface area contributed by atoms with Gasteiger partial charge in [0, 0.05) is 6.54 Å². The van der Waals surface area contributed by atoms with Crippen molar-refractivity contribution in [1.29, 1.82) is 0 Å². The van der Waals surface area contributed by atoms with Crippen molar-refractivity contribution < 1.29 is 4.74 Å². The molecule has 2 nitrogen and oxygen atoms in total. The van der Waals surface area contributed by atoms with E-state index in [1.165, 1.54) is 12.0 Å². The van der Waals surface area contributed by atoms with Crippen molar-refractivity contribution in [3.63, 3.8) is 0 Å². The van der Waals surface area contributed by atoms with Crippen LogP contribution in [0.5, 0.6) is 5.75 Å². The second-order valence-electron chi connectivity index (χ2n) is 3.46. The maximum Gasteiger partial charge on any atom is 0.118 e. The Morgan fingerprint density at radius 2 is 2.00 bits per heavy atom. The van der Waals surface area contributed by atoms with Gasteiger partial charge in [0.1, 0.15) is 5.75 Å². The number of methoxy groups -OCH3 is 1. The zero-order chi connectivity index (χ0) is 9.10. The third-order valence-electron chi connectivity index (χ3n) is 2.65. The van der Waals surface area contributed by atoms with Crippen LogP contribution in [-0.2, 0) is 0 Å². The predicted molar refractivity (Wildman–Crippen MR) is 60.5 cm³/mol. The summed E-state index contributed by atoms with van der Waals surface area (Å²) in [5.74, 6) is 1.64. The first-order valence-corrected chi connectivity index (χ1v) is 4.75. The molecule has 0 amide bonds. The van der Waals surface area contributed by atoms with Crippen molar-refractivity contribution in [2.24, 2.45) is 0 Å². The van der Waals surface area contributed by atoms with Gasteiger partial charge in [0.05, 0.1) is 7.11 Å². The van der Waals surface area contributed by atoms with Gasteiger partial charge in [-0.25, -0.2) is 0 Å². The van der Waals surface area contributed by atoms with Crippen LogP contribution in [0.3, 0.4) is 0 Å². The fraction of sp³-hybridized carbons (Fsp3) is 0.455. The van der Waals surface area contributed by atoms with E-state index in [4.69, 9.17) is 4.74 Å². The van der Waals surface area contributed by atoms with Crippen LogP contribution in [0.4, 0.5) is 0 Å². The molecule has 1 aromatic carbocycles. The SMILES string of the molecule is COc1ccc([C@H]2CCNC2)cc1.Cl. The molecule has 1 aliphatic heterocycles. The van der Waals surface area contributed by atoms with E-state index in [2.05, 4.69) is 17.4 Å². The van der Waals surface area contributed by atoms with Gasteiger partial charge in [-0.15, -0.1) is 12.4 Å². The molecular weight excluding hydrogens is 198 g/mol. The van der Waals surface area contributed by atoms with Crippen molar-refractivity contribution in [2.75, 3.05) is 20.2 Å². The fourth-order valence-electron chi connectivity index (χ4n) is 1.82. The zero-order valence-corrected chi connectivity index (χ0v) is 9.14. The fourth-order valence-corrected chi connectivity index (χ4v) is 1.82. The van der Waals surface area contributed by atoms with Crippen molar-refractivity contribution in [2.45, 2.75) is 12.3 Å². The van der Waals surface area contributed by atoms with E-state index in [0.29, 0.717) is 5.92 Å². The van der Waals surface area contributed by atoms with Gasteiger partial charge in [-0.1, -0.05) is 12.1 Å². The second-order valence-corrected chi connectivity index (χ2v) is 3.46. The lowest BCUT2D eigenvalue weighted by atomic mass is 9.99. The van der Waals surface area contributed by atoms with Crippen molar-refractivity contribution in [3.05, 3.63) is 29.8 Å². The highest BCUT2D eigenvalue weighted by Crippen LogP contribution is 2.23. The van der Waals surface area contributed by atoms with E-state index in [9.17, 15) is 0 Å². The standard InChI is InChI=1S/C11H15NO.ClH/c1-13-11-4-2-9(3-5-11)10-6-7-12-8-10;/h2-5,10,12H,6-8H2,1H3;1H/t10-;/m0./s1. The van der Waals surface area contributed by atoms with Gasteiger partial charge in [-0.2, -0.15) is 0 Å². The van der Waals surface area contributed by atoms with Crippen molar-refractivity contribution >= 4 is 12.4 Å². The van der Waals surface area contributed by atoms with Crippen LogP contribution in [0.25, 0.3) is 0 Å². The monoisotopic (exact) mass is 213 g/mol. The summed E-state index contributed by atoms with van der Waals surface area (Å²) in [6, 6.07) is 8.40. The van der Waals surface area contributed by atoms with Crippen LogP contribution in [0.1, 0.15) is 17.9 Å². The molecule has 1 aromatic rings. The average molecular weight is 214 g/mol. The summed E-state index contributed by atoms with van der Waals surface area (Å²) in [5.41, 5.74) is 1.42. The molecule has 0 bridgehead atoms. The number of benzene rings is 1. The number of hydrogen-bond donors (Lipinski definition) is 1. The molecule has 1 aliphatic rings. The van der Waals surface area contributed by atoms with Crippen molar-refractivity contribution in [3.8, 4) is 5.75 Å². The molecule has 1 fully saturated rings. The largest absolute Gasteiger partial charge is 0.497 e. The van der Waals surface area contributed by atoms with Crippen LogP contribution in [0, 0.1) is 0 Å². The van der Waals surface area contributed by atoms with Gasteiger partial charge < -0.3 is 10.1 Å². The molecule has 0 aliphatic carbocycles. The molecule has 1 heterocycles. The first-order valence-electron chi connectivity index (χ1n) is 4.75. The van der Waals surface area contributed by atoms with Crippen LogP contribution >= 0.6 is 12.4 Å². The molecule has 1 atom stereocenters. The Hall–Kier alpha value is -0.730. The maximum absolute atomic E-state index is 5.12. The Bertz CT molecular complexity index is 267. The number of nitrogens with one attached hydrogen (secondary N) is 1. The van der Waals surface area contributed by atoms with E-state index in [0.717, 1.165) is 18.8 Å². The normalized spacial score (nSPS) is 20.2. The Labute approximate surface area is 91.1 Å². The first kappa shape index (κ1) is 11.3. The Balaban J connectivity index is 0.000000980. The van der Waals surface area contributed by atoms with E-state index in [-0.39, 0.29) is 12.4 Å². The predicted octanol–water partition coefficient (Wildman–Crippen LogP) is 2.19. The summed E-state index contributed by atoms with van der Waals surface area (Å²) in [5, 5.41) is 3.37. The molecule has 2 rings (SSSR count). The van der Waals surface area contributed by atoms with Crippen LogP contribution in [-0.4, -0.2) is 20.2 Å². The number of halogens is 1. The molecule has 14 heavy (non-hydrogen) atoms. The maximum atomic E-state index is 5.12. The quantitative estimate of drug-likeness (QED) is 0.814. The highest BCUT2D eigenvalue weighted by Gasteiger charge is 2.15. The van der Waals surface area contributed by atoms with Crippen LogP contribution in [0.15, 0.2) is 24.3 Å². The lowest BCUT2D eigenvalue weighted by Crippen LogP contribution is -2.07. The van der Waals surface area contributed by atoms with Crippen molar-refractivity contribution in [1.82, 2.24) is 5.32 Å². The molecule has 1 saturated heterocycles. The first-order chi connectivity index (χ1) is 6.40. The topological polar surface area (TPSA) is 21.3 Å². The Morgan fingerprint density at radius 1 is 1.29 bits per heavy atom. The lowest BCUT2D eigenvalue weighted by Gasteiger charge is -2.08. The number of rotatable bonds is 2. The molecule has 78 valence electrons. The van der Waals surface area contributed by atoms with Crippen LogP contribution in [0.2, 0.25) is 0 Å². The van der Waals surface area contributed by atoms with Crippen LogP contribution < -0.4 is 10.1 Å². The molecule has 0 aromatic heterocycles. The Kier molecular flexibility index (Phi) is 4.23. The summed E-state index contributed by atoms with van der Waals surface area (Å²) in [6.45, 7) is 2.27. The highest BCUT2D eigenvalue weighted by atomic mass is 35.5. The Morgan fingerprint density at radius 3 is 2.50 bits per heavy atom. The van der Waals surface area contributed by atoms with Gasteiger partial charge in [-0.05, 0) is 36.6 Å². The zero-order valence-electron chi connectivity index (χ0n) is 8.32. The minimum absolute atomic E-state index is 0. The molecule has 0 spiro atoms. The van der Waals surface area contributed by atoms with Gasteiger partial charge >= 0.3 is 0 Å². The highest BCUT2D eigenvalue weighted by molar-refractivity contribution is 5.85. The number of ether oxygens (including phenoxy) is 1. The van der Waals surface area contributed by atoms with Gasteiger partial charge in [0.15, 0.2) is 0 Å².